The van der Waals surface area contributed by atoms with Gasteiger partial charge in [-0.05, 0) is 24.3 Å². The number of thiol groups is 1. The van der Waals surface area contributed by atoms with Crippen LogP contribution in [0.15, 0.2) is 39.1 Å². The van der Waals surface area contributed by atoms with Gasteiger partial charge in [0.25, 0.3) is 5.56 Å². The zero-order valence-electron chi connectivity index (χ0n) is 15.5. The van der Waals surface area contributed by atoms with Gasteiger partial charge in [-0.15, -0.1) is 0 Å². The summed E-state index contributed by atoms with van der Waals surface area (Å²) in [5, 5.41) is 11.9. The summed E-state index contributed by atoms with van der Waals surface area (Å²) in [6.07, 6.45) is -3.81. The molecule has 5 unspecified atom stereocenters. The van der Waals surface area contributed by atoms with Crippen LogP contribution in [0.3, 0.4) is 0 Å². The van der Waals surface area contributed by atoms with Crippen LogP contribution >= 0.6 is 42.8 Å². The van der Waals surface area contributed by atoms with Crippen molar-refractivity contribution in [1.82, 2.24) is 19.5 Å². The van der Waals surface area contributed by atoms with E-state index in [1.165, 1.54) is 16.3 Å². The zero-order chi connectivity index (χ0) is 21.9. The fourth-order valence-electron chi connectivity index (χ4n) is 3.45. The molecule has 5 N–H and O–H groups in total. The fraction of sp³-hybridized carbons (Fsp3) is 0.312. The van der Waals surface area contributed by atoms with Crippen molar-refractivity contribution < 1.29 is 23.8 Å². The number of hydrogen-bond acceptors (Lipinski definition) is 11. The molecular weight excluding hydrogens is 489 g/mol. The molecule has 0 saturated carbocycles. The second-order valence-corrected chi connectivity index (χ2v) is 11.3. The van der Waals surface area contributed by atoms with E-state index in [2.05, 4.69) is 27.2 Å². The van der Waals surface area contributed by atoms with Crippen LogP contribution in [-0.4, -0.2) is 54.4 Å². The molecule has 2 aromatic heterocycles. The van der Waals surface area contributed by atoms with Crippen LogP contribution in [0.5, 0.6) is 0 Å². The van der Waals surface area contributed by atoms with Gasteiger partial charge in [0, 0.05) is 9.92 Å². The molecular formula is C16H16ClN5O6PS2+. The number of nitrogens with zero attached hydrogens (tertiary/aromatic N) is 3. The second-order valence-electron chi connectivity index (χ2n) is 6.86. The molecule has 2 aliphatic heterocycles. The Morgan fingerprint density at radius 3 is 2.84 bits per heavy atom. The van der Waals surface area contributed by atoms with Crippen LogP contribution in [0.1, 0.15) is 6.23 Å². The number of aromatic amines is 1. The summed E-state index contributed by atoms with van der Waals surface area (Å²) in [6, 6.07) is 7.02. The molecule has 0 radical (unpaired) electrons. The summed E-state index contributed by atoms with van der Waals surface area (Å²) in [5.41, 5.74) is 5.38. The lowest BCUT2D eigenvalue weighted by atomic mass is 10.1. The van der Waals surface area contributed by atoms with E-state index in [-0.39, 0.29) is 23.7 Å². The number of nitrogens with two attached hydrogens (primary N) is 1. The monoisotopic (exact) mass is 504 g/mol. The van der Waals surface area contributed by atoms with Crippen LogP contribution in [0.2, 0.25) is 5.02 Å². The maximum Gasteiger partial charge on any atom is 0.476 e. The maximum atomic E-state index is 12.4. The zero-order valence-corrected chi connectivity index (χ0v) is 18.8. The number of benzene rings is 1. The van der Waals surface area contributed by atoms with E-state index in [1.807, 2.05) is 0 Å². The van der Waals surface area contributed by atoms with Crippen molar-refractivity contribution >= 4 is 59.9 Å². The first-order valence-electron chi connectivity index (χ1n) is 8.94. The van der Waals surface area contributed by atoms with Gasteiger partial charge in [0.1, 0.15) is 18.8 Å². The first-order valence-corrected chi connectivity index (χ1v) is 12.9. The molecule has 1 aromatic carbocycles. The second kappa shape index (κ2) is 7.87. The molecule has 0 aliphatic carbocycles. The molecule has 2 fully saturated rings. The van der Waals surface area contributed by atoms with Crippen molar-refractivity contribution in [2.24, 2.45) is 0 Å². The first-order chi connectivity index (χ1) is 14.7. The van der Waals surface area contributed by atoms with Crippen LogP contribution in [0.25, 0.3) is 11.2 Å². The van der Waals surface area contributed by atoms with Gasteiger partial charge < -0.3 is 15.6 Å². The molecule has 3 aromatic rings. The molecule has 2 saturated heterocycles. The summed E-state index contributed by atoms with van der Waals surface area (Å²) in [5.74, 6) is -0.109. The molecule has 5 rings (SSSR count). The molecule has 2 aliphatic rings. The van der Waals surface area contributed by atoms with Crippen LogP contribution in [-0.2, 0) is 13.8 Å². The van der Waals surface area contributed by atoms with E-state index >= 15 is 0 Å². The summed E-state index contributed by atoms with van der Waals surface area (Å²) in [4.78, 5) is 34.3. The molecule has 0 amide bonds. The smallest absolute Gasteiger partial charge is 0.385 e. The van der Waals surface area contributed by atoms with Crippen molar-refractivity contribution in [3.05, 3.63) is 39.6 Å². The number of nitrogen functional groups attached to an aromatic ring is 1. The van der Waals surface area contributed by atoms with E-state index in [1.54, 1.807) is 24.3 Å². The number of rotatable bonds is 3. The minimum atomic E-state index is -3.36. The molecule has 4 heterocycles. The molecule has 0 spiro atoms. The Morgan fingerprint density at radius 1 is 1.35 bits per heavy atom. The van der Waals surface area contributed by atoms with Crippen molar-refractivity contribution in [1.29, 1.82) is 0 Å². The van der Waals surface area contributed by atoms with Gasteiger partial charge in [0.15, 0.2) is 28.7 Å². The summed E-state index contributed by atoms with van der Waals surface area (Å²) >= 11 is 11.2. The Hall–Kier alpha value is -1.41. The van der Waals surface area contributed by atoms with Crippen LogP contribution in [0.4, 0.5) is 5.95 Å². The topological polar surface area (TPSA) is 158 Å². The largest absolute Gasteiger partial charge is 0.476 e. The highest BCUT2D eigenvalue weighted by Crippen LogP contribution is 2.66. The number of aliphatic hydroxyl groups is 1. The predicted molar refractivity (Wildman–Crippen MR) is 117 cm³/mol. The summed E-state index contributed by atoms with van der Waals surface area (Å²) < 4.78 is 18.1. The molecule has 11 nitrogen and oxygen atoms in total. The number of hydrogen-bond donors (Lipinski definition) is 5. The van der Waals surface area contributed by atoms with Gasteiger partial charge in [-0.3, -0.25) is 14.3 Å². The third-order valence-electron chi connectivity index (χ3n) is 4.79. The SMILES string of the molecule is Nc1nc2c(nc(Sc3ccc(Cl)cc3)n2C2OC3CO[P+](O)(S)OC3C2O)c(=O)[nH]1. The minimum absolute atomic E-state index is 0.0194. The molecule has 15 heteroatoms. The number of aliphatic hydroxyl groups excluding tert-OH is 1. The van der Waals surface area contributed by atoms with Gasteiger partial charge in [0.2, 0.25) is 5.95 Å². The highest BCUT2D eigenvalue weighted by molar-refractivity contribution is 8.47. The number of fused-ring (bicyclic) bond motifs is 2. The van der Waals surface area contributed by atoms with Gasteiger partial charge in [0.05, 0.1) is 12.2 Å². The number of H-pyrrole nitrogens is 1. The summed E-state index contributed by atoms with van der Waals surface area (Å²) in [6.45, 7) is -0.0194. The quantitative estimate of drug-likeness (QED) is 0.263. The average molecular weight is 505 g/mol. The van der Waals surface area contributed by atoms with Gasteiger partial charge in [-0.1, -0.05) is 23.4 Å². The number of anilines is 1. The Morgan fingerprint density at radius 2 is 2.10 bits per heavy atom. The van der Waals surface area contributed by atoms with Crippen LogP contribution < -0.4 is 11.3 Å². The lowest BCUT2D eigenvalue weighted by molar-refractivity contribution is -0.0625. The predicted octanol–water partition coefficient (Wildman–Crippen LogP) is 1.78. The third kappa shape index (κ3) is 3.94. The molecule has 31 heavy (non-hydrogen) atoms. The molecule has 5 atom stereocenters. The van der Waals surface area contributed by atoms with Gasteiger partial charge in [-0.2, -0.15) is 18.9 Å². The normalized spacial score (nSPS) is 30.6. The third-order valence-corrected chi connectivity index (χ3v) is 7.65. The Kier molecular flexibility index (Phi) is 5.44. The van der Waals surface area contributed by atoms with Gasteiger partial charge in [-0.25, -0.2) is 4.98 Å². The van der Waals surface area contributed by atoms with E-state index in [0.717, 1.165) is 4.90 Å². The number of halogens is 1. The lowest BCUT2D eigenvalue weighted by Crippen LogP contribution is -2.39. The van der Waals surface area contributed by atoms with Crippen molar-refractivity contribution in [2.75, 3.05) is 12.3 Å². The van der Waals surface area contributed by atoms with E-state index in [9.17, 15) is 14.8 Å². The summed E-state index contributed by atoms with van der Waals surface area (Å²) in [7, 11) is -3.36. The number of ether oxygens (including phenoxy) is 1. The Balaban J connectivity index is 1.61. The maximum absolute atomic E-state index is 12.4. The average Bonchev–Trinajstić information content (AvgIpc) is 3.20. The number of aromatic nitrogens is 4. The van der Waals surface area contributed by atoms with Crippen molar-refractivity contribution in [3.63, 3.8) is 0 Å². The lowest BCUT2D eigenvalue weighted by Gasteiger charge is -2.25. The molecule has 0 bridgehead atoms. The number of imidazole rings is 1. The highest BCUT2D eigenvalue weighted by Gasteiger charge is 2.58. The van der Waals surface area contributed by atoms with Crippen LogP contribution in [0, 0.1) is 0 Å². The number of nitrogens with one attached hydrogen (secondary N) is 1. The molecule has 164 valence electrons. The van der Waals surface area contributed by atoms with E-state index in [0.29, 0.717) is 10.2 Å². The van der Waals surface area contributed by atoms with Crippen molar-refractivity contribution in [2.45, 2.75) is 34.6 Å². The van der Waals surface area contributed by atoms with Crippen molar-refractivity contribution in [3.8, 4) is 0 Å². The Bertz CT molecular complexity index is 1210. The standard InChI is InChI=1S/C16H15ClN5O6PS2/c17-6-1-3-7(4-2-6)31-16-19-9-12(20-15(18)21-13(9)24)22(16)14-10(23)11-8(27-14)5-26-29(25,30)28-11/h1-4,8,10-11,14,23,25,30H,5H2,(H2-,18,20,21,24)/p+1. The Labute approximate surface area is 189 Å². The van der Waals surface area contributed by atoms with E-state index in [4.69, 9.17) is 31.1 Å². The fourth-order valence-corrected chi connectivity index (χ4v) is 5.99. The van der Waals surface area contributed by atoms with E-state index < -0.39 is 37.2 Å². The minimum Gasteiger partial charge on any atom is -0.385 e. The van der Waals surface area contributed by atoms with Gasteiger partial charge >= 0.3 is 7.15 Å². The first kappa shape index (κ1) is 21.4. The highest BCUT2D eigenvalue weighted by atomic mass is 35.5.